The van der Waals surface area contributed by atoms with Gasteiger partial charge >= 0.3 is 11.9 Å². The number of amides is 5. The van der Waals surface area contributed by atoms with Crippen molar-refractivity contribution < 1.29 is 43.8 Å². The Morgan fingerprint density at radius 1 is 0.719 bits per heavy atom. The Morgan fingerprint density at radius 3 is 1.47 bits per heavy atom. The molecule has 0 aromatic heterocycles. The van der Waals surface area contributed by atoms with E-state index in [-0.39, 0.29) is 0 Å². The molecule has 0 bridgehead atoms. The van der Waals surface area contributed by atoms with E-state index in [0.29, 0.717) is 0 Å². The molecule has 180 valence electrons. The molecule has 0 aliphatic carbocycles. The summed E-state index contributed by atoms with van der Waals surface area (Å²) in [6.07, 6.45) is -2.24. The SMILES string of the molecule is CC(C)C(NC(=O)C(CC(N)=O)NC(=O)C(CC(N)=O)NC(=O)C(N)CC(=O)O)C(=O)O. The number of hydrogen-bond acceptors (Lipinski definition) is 8. The van der Waals surface area contributed by atoms with Crippen molar-refractivity contribution in [3.63, 3.8) is 0 Å². The van der Waals surface area contributed by atoms with E-state index in [1.807, 2.05) is 5.32 Å². The van der Waals surface area contributed by atoms with Crippen LogP contribution in [0.1, 0.15) is 33.1 Å². The zero-order valence-corrected chi connectivity index (χ0v) is 17.5. The van der Waals surface area contributed by atoms with Crippen LogP contribution in [0.3, 0.4) is 0 Å². The summed E-state index contributed by atoms with van der Waals surface area (Å²) in [5.41, 5.74) is 15.5. The van der Waals surface area contributed by atoms with Gasteiger partial charge < -0.3 is 43.4 Å². The van der Waals surface area contributed by atoms with Gasteiger partial charge in [-0.3, -0.25) is 28.8 Å². The summed E-state index contributed by atoms with van der Waals surface area (Å²) < 4.78 is 0. The van der Waals surface area contributed by atoms with Crippen LogP contribution in [0.2, 0.25) is 0 Å². The Balaban J connectivity index is 5.56. The predicted octanol–water partition coefficient (Wildman–Crippen LogP) is -4.27. The number of aliphatic carboxylic acids is 2. The smallest absolute Gasteiger partial charge is 0.326 e. The largest absolute Gasteiger partial charge is 0.481 e. The van der Waals surface area contributed by atoms with Crippen LogP contribution in [-0.2, 0) is 33.6 Å². The lowest BCUT2D eigenvalue weighted by Gasteiger charge is -2.25. The molecule has 0 fully saturated rings. The van der Waals surface area contributed by atoms with Gasteiger partial charge in [0.25, 0.3) is 0 Å². The van der Waals surface area contributed by atoms with Crippen molar-refractivity contribution in [2.75, 3.05) is 0 Å². The number of nitrogens with two attached hydrogens (primary N) is 3. The molecule has 5 amide bonds. The van der Waals surface area contributed by atoms with Crippen LogP contribution >= 0.6 is 0 Å². The Kier molecular flexibility index (Phi) is 11.3. The van der Waals surface area contributed by atoms with Gasteiger partial charge in [0, 0.05) is 0 Å². The summed E-state index contributed by atoms with van der Waals surface area (Å²) in [5.74, 6) is -8.61. The van der Waals surface area contributed by atoms with Crippen LogP contribution in [0.25, 0.3) is 0 Å². The van der Waals surface area contributed by atoms with Crippen molar-refractivity contribution in [3.05, 3.63) is 0 Å². The van der Waals surface area contributed by atoms with E-state index in [9.17, 15) is 38.7 Å². The minimum absolute atomic E-state index is 0.543. The summed E-state index contributed by atoms with van der Waals surface area (Å²) in [6.45, 7) is 3.03. The fourth-order valence-electron chi connectivity index (χ4n) is 2.42. The van der Waals surface area contributed by atoms with Gasteiger partial charge in [-0.25, -0.2) is 4.79 Å². The highest BCUT2D eigenvalue weighted by molar-refractivity contribution is 5.98. The number of nitrogens with one attached hydrogen (secondary N) is 3. The van der Waals surface area contributed by atoms with E-state index in [1.54, 1.807) is 0 Å². The van der Waals surface area contributed by atoms with Gasteiger partial charge in [-0.05, 0) is 5.92 Å². The standard InChI is InChI=1S/C17H28N6O9/c1-6(2)13(17(31)32)23-16(30)9(5-11(20)25)22-15(29)8(4-10(19)24)21-14(28)7(18)3-12(26)27/h6-9,13H,3-5,18H2,1-2H3,(H2,19,24)(H2,20,25)(H,21,28)(H,22,29)(H,23,30)(H,26,27)(H,31,32). The molecule has 4 unspecified atom stereocenters. The normalized spacial score (nSPS) is 14.4. The molecule has 15 heteroatoms. The zero-order chi connectivity index (χ0) is 25.2. The fourth-order valence-corrected chi connectivity index (χ4v) is 2.42. The lowest BCUT2D eigenvalue weighted by Crippen LogP contribution is -2.58. The number of carboxylic acids is 2. The van der Waals surface area contributed by atoms with Gasteiger partial charge in [0.1, 0.15) is 18.1 Å². The Hall–Kier alpha value is -3.75. The zero-order valence-electron chi connectivity index (χ0n) is 17.5. The highest BCUT2D eigenvalue weighted by Gasteiger charge is 2.32. The van der Waals surface area contributed by atoms with Gasteiger partial charge in [-0.1, -0.05) is 13.8 Å². The number of carbonyl (C=O) groups excluding carboxylic acids is 5. The highest BCUT2D eigenvalue weighted by atomic mass is 16.4. The number of carbonyl (C=O) groups is 7. The second kappa shape index (κ2) is 12.8. The molecular formula is C17H28N6O9. The number of hydrogen-bond donors (Lipinski definition) is 8. The average Bonchev–Trinajstić information content (AvgIpc) is 2.62. The first-order chi connectivity index (χ1) is 14.6. The van der Waals surface area contributed by atoms with Gasteiger partial charge in [-0.2, -0.15) is 0 Å². The number of rotatable bonds is 14. The van der Waals surface area contributed by atoms with Crippen LogP contribution in [0.5, 0.6) is 0 Å². The molecule has 0 aliphatic heterocycles. The molecule has 0 saturated carbocycles. The van der Waals surface area contributed by atoms with E-state index < -0.39 is 90.8 Å². The highest BCUT2D eigenvalue weighted by Crippen LogP contribution is 2.04. The second-order valence-corrected chi connectivity index (χ2v) is 7.24. The van der Waals surface area contributed by atoms with E-state index >= 15 is 0 Å². The molecule has 0 spiro atoms. The Morgan fingerprint density at radius 2 is 1.12 bits per heavy atom. The van der Waals surface area contributed by atoms with Gasteiger partial charge in [-0.15, -0.1) is 0 Å². The maximum Gasteiger partial charge on any atom is 0.326 e. The third kappa shape index (κ3) is 10.3. The van der Waals surface area contributed by atoms with Crippen LogP contribution in [0.15, 0.2) is 0 Å². The van der Waals surface area contributed by atoms with E-state index in [2.05, 4.69) is 10.6 Å². The van der Waals surface area contributed by atoms with Gasteiger partial charge in [0.05, 0.1) is 25.3 Å². The van der Waals surface area contributed by atoms with Crippen LogP contribution in [-0.4, -0.2) is 75.9 Å². The number of carboxylic acid groups (broad SMARTS) is 2. The van der Waals surface area contributed by atoms with Crippen LogP contribution < -0.4 is 33.2 Å². The first-order valence-corrected chi connectivity index (χ1v) is 9.33. The topological polar surface area (TPSA) is 274 Å². The monoisotopic (exact) mass is 460 g/mol. The first kappa shape index (κ1) is 28.2. The van der Waals surface area contributed by atoms with Crippen molar-refractivity contribution in [3.8, 4) is 0 Å². The minimum Gasteiger partial charge on any atom is -0.481 e. The lowest BCUT2D eigenvalue weighted by molar-refractivity contribution is -0.143. The third-order valence-corrected chi connectivity index (χ3v) is 4.04. The molecule has 0 rings (SSSR count). The average molecular weight is 460 g/mol. The van der Waals surface area contributed by atoms with Gasteiger partial charge in [0.15, 0.2) is 0 Å². The van der Waals surface area contributed by atoms with Crippen LogP contribution in [0, 0.1) is 5.92 Å². The van der Waals surface area contributed by atoms with Gasteiger partial charge in [0.2, 0.25) is 29.5 Å². The quantitative estimate of drug-likeness (QED) is 0.123. The Bertz CT molecular complexity index is 770. The molecule has 0 aromatic carbocycles. The van der Waals surface area contributed by atoms with Crippen molar-refractivity contribution in [2.24, 2.45) is 23.1 Å². The Labute approximate surface area is 182 Å². The molecule has 15 nitrogen and oxygen atoms in total. The predicted molar refractivity (Wildman–Crippen MR) is 106 cm³/mol. The van der Waals surface area contributed by atoms with Crippen molar-refractivity contribution in [1.29, 1.82) is 0 Å². The van der Waals surface area contributed by atoms with Crippen LogP contribution in [0.4, 0.5) is 0 Å². The molecule has 0 heterocycles. The fraction of sp³-hybridized carbons (Fsp3) is 0.588. The van der Waals surface area contributed by atoms with E-state index in [1.165, 1.54) is 13.8 Å². The first-order valence-electron chi connectivity index (χ1n) is 9.33. The molecule has 0 saturated heterocycles. The maximum absolute atomic E-state index is 12.6. The lowest BCUT2D eigenvalue weighted by atomic mass is 10.0. The van der Waals surface area contributed by atoms with E-state index in [0.717, 1.165) is 0 Å². The summed E-state index contributed by atoms with van der Waals surface area (Å²) in [4.78, 5) is 81.6. The molecule has 11 N–H and O–H groups in total. The summed E-state index contributed by atoms with van der Waals surface area (Å²) in [5, 5.41) is 24.2. The summed E-state index contributed by atoms with van der Waals surface area (Å²) in [6, 6.07) is -6.20. The molecule has 0 radical (unpaired) electrons. The maximum atomic E-state index is 12.6. The summed E-state index contributed by atoms with van der Waals surface area (Å²) in [7, 11) is 0. The second-order valence-electron chi connectivity index (χ2n) is 7.24. The van der Waals surface area contributed by atoms with Crippen molar-refractivity contribution >= 4 is 41.5 Å². The van der Waals surface area contributed by atoms with Crippen molar-refractivity contribution in [1.82, 2.24) is 16.0 Å². The molecule has 32 heavy (non-hydrogen) atoms. The van der Waals surface area contributed by atoms with Crippen molar-refractivity contribution in [2.45, 2.75) is 57.3 Å². The third-order valence-electron chi connectivity index (χ3n) is 4.04. The number of primary amides is 2. The summed E-state index contributed by atoms with van der Waals surface area (Å²) >= 11 is 0. The molecule has 0 aromatic rings. The molecule has 4 atom stereocenters. The van der Waals surface area contributed by atoms with E-state index in [4.69, 9.17) is 22.3 Å². The molecular weight excluding hydrogens is 432 g/mol. The minimum atomic E-state index is -1.66. The molecule has 0 aliphatic rings.